The van der Waals surface area contributed by atoms with Gasteiger partial charge in [0, 0.05) is 18.3 Å². The predicted octanol–water partition coefficient (Wildman–Crippen LogP) is 1.80. The zero-order chi connectivity index (χ0) is 7.68. The van der Waals surface area contributed by atoms with Crippen LogP contribution in [0.2, 0.25) is 0 Å². The minimum absolute atomic E-state index is 0.249. The van der Waals surface area contributed by atoms with Crippen molar-refractivity contribution >= 4 is 5.91 Å². The zero-order valence-corrected chi connectivity index (χ0v) is 6.42. The van der Waals surface area contributed by atoms with Gasteiger partial charge < -0.3 is 0 Å². The quantitative estimate of drug-likeness (QED) is 0.514. The standard InChI is InChI=1S/C9H11NO/c11-9-6-3-5-8-4-1-2-7-10(8)9/h2,4,7H,1,3,5-6H2. The second kappa shape index (κ2) is 2.53. The van der Waals surface area contributed by atoms with E-state index in [9.17, 15) is 4.79 Å². The van der Waals surface area contributed by atoms with Gasteiger partial charge in [0.05, 0.1) is 0 Å². The Morgan fingerprint density at radius 2 is 2.27 bits per heavy atom. The van der Waals surface area contributed by atoms with E-state index in [1.165, 1.54) is 5.70 Å². The minimum Gasteiger partial charge on any atom is -0.292 e. The van der Waals surface area contributed by atoms with Gasteiger partial charge in [-0.05, 0) is 19.3 Å². The van der Waals surface area contributed by atoms with Crippen molar-refractivity contribution < 1.29 is 4.79 Å². The normalized spacial score (nSPS) is 23.1. The molecule has 0 saturated carbocycles. The van der Waals surface area contributed by atoms with E-state index in [-0.39, 0.29) is 5.91 Å². The summed E-state index contributed by atoms with van der Waals surface area (Å²) < 4.78 is 0. The summed E-state index contributed by atoms with van der Waals surface area (Å²) in [4.78, 5) is 13.0. The van der Waals surface area contributed by atoms with Crippen molar-refractivity contribution in [1.29, 1.82) is 0 Å². The van der Waals surface area contributed by atoms with Crippen LogP contribution in [0.1, 0.15) is 25.7 Å². The first-order chi connectivity index (χ1) is 5.38. The number of fused-ring (bicyclic) bond motifs is 1. The molecular weight excluding hydrogens is 138 g/mol. The van der Waals surface area contributed by atoms with Crippen LogP contribution in [-0.4, -0.2) is 10.8 Å². The van der Waals surface area contributed by atoms with Gasteiger partial charge in [-0.3, -0.25) is 9.69 Å². The summed E-state index contributed by atoms with van der Waals surface area (Å²) in [6, 6.07) is 0. The van der Waals surface area contributed by atoms with Gasteiger partial charge in [0.1, 0.15) is 0 Å². The smallest absolute Gasteiger partial charge is 0.230 e. The third kappa shape index (κ3) is 1.09. The fourth-order valence-corrected chi connectivity index (χ4v) is 1.57. The lowest BCUT2D eigenvalue weighted by Gasteiger charge is -2.28. The topological polar surface area (TPSA) is 20.3 Å². The molecule has 0 N–H and O–H groups in total. The Morgan fingerprint density at radius 1 is 1.36 bits per heavy atom. The van der Waals surface area contributed by atoms with Gasteiger partial charge in [-0.15, -0.1) is 0 Å². The van der Waals surface area contributed by atoms with Gasteiger partial charge in [-0.1, -0.05) is 12.2 Å². The van der Waals surface area contributed by atoms with Crippen molar-refractivity contribution in [3.63, 3.8) is 0 Å². The molecule has 1 saturated heterocycles. The van der Waals surface area contributed by atoms with Crippen LogP contribution in [0.3, 0.4) is 0 Å². The van der Waals surface area contributed by atoms with Crippen molar-refractivity contribution in [3.05, 3.63) is 24.0 Å². The molecule has 0 radical (unpaired) electrons. The molecule has 0 aliphatic carbocycles. The van der Waals surface area contributed by atoms with E-state index >= 15 is 0 Å². The number of hydrogen-bond donors (Lipinski definition) is 0. The van der Waals surface area contributed by atoms with E-state index < -0.39 is 0 Å². The molecule has 1 fully saturated rings. The van der Waals surface area contributed by atoms with Crippen LogP contribution in [0, 0.1) is 0 Å². The summed E-state index contributed by atoms with van der Waals surface area (Å²) in [5.74, 6) is 0.249. The van der Waals surface area contributed by atoms with Crippen LogP contribution in [-0.2, 0) is 4.79 Å². The summed E-state index contributed by atoms with van der Waals surface area (Å²) in [7, 11) is 0. The highest BCUT2D eigenvalue weighted by molar-refractivity contribution is 5.80. The summed E-state index contributed by atoms with van der Waals surface area (Å²) >= 11 is 0. The number of amides is 1. The van der Waals surface area contributed by atoms with E-state index in [4.69, 9.17) is 0 Å². The molecular formula is C9H11NO. The predicted molar refractivity (Wildman–Crippen MR) is 42.5 cm³/mol. The van der Waals surface area contributed by atoms with E-state index in [0.717, 1.165) is 19.3 Å². The number of carbonyl (C=O) groups excluding carboxylic acids is 1. The maximum Gasteiger partial charge on any atom is 0.230 e. The summed E-state index contributed by atoms with van der Waals surface area (Å²) in [5, 5.41) is 0. The lowest BCUT2D eigenvalue weighted by Crippen LogP contribution is -2.29. The number of carbonyl (C=O) groups is 1. The molecule has 0 aromatic carbocycles. The summed E-state index contributed by atoms with van der Waals surface area (Å²) in [6.45, 7) is 0. The summed E-state index contributed by atoms with van der Waals surface area (Å²) in [5.41, 5.74) is 1.20. The van der Waals surface area contributed by atoms with Crippen LogP contribution < -0.4 is 0 Å². The Morgan fingerprint density at radius 3 is 3.09 bits per heavy atom. The second-order valence-electron chi connectivity index (χ2n) is 2.93. The molecule has 58 valence electrons. The molecule has 2 aliphatic rings. The van der Waals surface area contributed by atoms with Crippen LogP contribution in [0.5, 0.6) is 0 Å². The molecule has 0 aromatic heterocycles. The molecule has 1 amide bonds. The average molecular weight is 149 g/mol. The van der Waals surface area contributed by atoms with E-state index in [1.54, 1.807) is 4.90 Å². The SMILES string of the molecule is O=C1CCCC2=CCC=CN12. The van der Waals surface area contributed by atoms with Crippen LogP contribution in [0.15, 0.2) is 24.0 Å². The first-order valence-electron chi connectivity index (χ1n) is 4.06. The minimum atomic E-state index is 0.249. The number of allylic oxidation sites excluding steroid dienone is 3. The Labute approximate surface area is 66.2 Å². The summed E-state index contributed by atoms with van der Waals surface area (Å²) in [6.07, 6.45) is 9.84. The van der Waals surface area contributed by atoms with Crippen molar-refractivity contribution in [2.45, 2.75) is 25.7 Å². The fourth-order valence-electron chi connectivity index (χ4n) is 1.57. The third-order valence-electron chi connectivity index (χ3n) is 2.15. The lowest BCUT2D eigenvalue weighted by atomic mass is 10.0. The number of nitrogens with zero attached hydrogens (tertiary/aromatic N) is 1. The molecule has 0 bridgehead atoms. The average Bonchev–Trinajstić information content (AvgIpc) is 2.06. The van der Waals surface area contributed by atoms with Crippen molar-refractivity contribution in [2.75, 3.05) is 0 Å². The van der Waals surface area contributed by atoms with Crippen molar-refractivity contribution in [2.24, 2.45) is 0 Å². The Kier molecular flexibility index (Phi) is 1.53. The van der Waals surface area contributed by atoms with Crippen molar-refractivity contribution in [1.82, 2.24) is 4.90 Å². The van der Waals surface area contributed by atoms with Crippen LogP contribution in [0.25, 0.3) is 0 Å². The van der Waals surface area contributed by atoms with Gasteiger partial charge in [0.2, 0.25) is 5.91 Å². The first kappa shape index (κ1) is 6.65. The number of hydrogen-bond acceptors (Lipinski definition) is 1. The highest BCUT2D eigenvalue weighted by Crippen LogP contribution is 2.24. The molecule has 0 atom stereocenters. The van der Waals surface area contributed by atoms with Gasteiger partial charge in [0.15, 0.2) is 0 Å². The van der Waals surface area contributed by atoms with Crippen LogP contribution >= 0.6 is 0 Å². The second-order valence-corrected chi connectivity index (χ2v) is 2.93. The largest absolute Gasteiger partial charge is 0.292 e. The molecule has 2 heterocycles. The molecule has 2 heteroatoms. The number of rotatable bonds is 0. The Balaban J connectivity index is 2.24. The van der Waals surface area contributed by atoms with E-state index in [2.05, 4.69) is 6.08 Å². The van der Waals surface area contributed by atoms with Gasteiger partial charge in [-0.2, -0.15) is 0 Å². The third-order valence-corrected chi connectivity index (χ3v) is 2.15. The highest BCUT2D eigenvalue weighted by atomic mass is 16.2. The van der Waals surface area contributed by atoms with E-state index in [1.807, 2.05) is 12.3 Å². The maximum absolute atomic E-state index is 11.3. The van der Waals surface area contributed by atoms with Gasteiger partial charge in [0.25, 0.3) is 0 Å². The highest BCUT2D eigenvalue weighted by Gasteiger charge is 2.21. The maximum atomic E-state index is 11.3. The first-order valence-corrected chi connectivity index (χ1v) is 4.06. The molecule has 2 aliphatic heterocycles. The monoisotopic (exact) mass is 149 g/mol. The Hall–Kier alpha value is -1.05. The van der Waals surface area contributed by atoms with E-state index in [0.29, 0.717) is 6.42 Å². The Bertz CT molecular complexity index is 240. The van der Waals surface area contributed by atoms with Gasteiger partial charge in [-0.25, -0.2) is 0 Å². The zero-order valence-electron chi connectivity index (χ0n) is 6.42. The molecule has 11 heavy (non-hydrogen) atoms. The molecule has 0 spiro atoms. The number of piperidine rings is 1. The van der Waals surface area contributed by atoms with Gasteiger partial charge >= 0.3 is 0 Å². The molecule has 2 rings (SSSR count). The van der Waals surface area contributed by atoms with Crippen LogP contribution in [0.4, 0.5) is 0 Å². The fraction of sp³-hybridized carbons (Fsp3) is 0.444. The lowest BCUT2D eigenvalue weighted by molar-refractivity contribution is -0.128. The molecule has 0 unspecified atom stereocenters. The molecule has 0 aromatic rings. The van der Waals surface area contributed by atoms with Crippen molar-refractivity contribution in [3.8, 4) is 0 Å². The molecule has 2 nitrogen and oxygen atoms in total.